The molecule has 116 valence electrons. The molecule has 0 amide bonds. The quantitative estimate of drug-likeness (QED) is 0.811. The third-order valence-corrected chi connectivity index (χ3v) is 5.43. The number of aryl methyl sites for hydroxylation is 1. The third kappa shape index (κ3) is 2.81. The highest BCUT2D eigenvalue weighted by molar-refractivity contribution is 7.92. The van der Waals surface area contributed by atoms with Crippen LogP contribution in [0.1, 0.15) is 11.3 Å². The number of nitrogens with zero attached hydrogens (tertiary/aromatic N) is 2. The van der Waals surface area contributed by atoms with Crippen LogP contribution < -0.4 is 4.31 Å². The molecule has 0 saturated heterocycles. The van der Waals surface area contributed by atoms with Crippen molar-refractivity contribution in [3.8, 4) is 0 Å². The maximum absolute atomic E-state index is 13.6. The van der Waals surface area contributed by atoms with Crippen molar-refractivity contribution in [3.63, 3.8) is 0 Å². The first-order chi connectivity index (χ1) is 10.5. The lowest BCUT2D eigenvalue weighted by Crippen LogP contribution is -2.32. The topological polar surface area (TPSA) is 50.3 Å². The van der Waals surface area contributed by atoms with Crippen molar-refractivity contribution in [1.82, 2.24) is 4.98 Å². The molecule has 1 aliphatic heterocycles. The number of hydrogen-bond acceptors (Lipinski definition) is 3. The van der Waals surface area contributed by atoms with Gasteiger partial charge in [0, 0.05) is 13.0 Å². The standard InChI is InChI=1S/C15H14F2N2O2S/c16-12-4-2-1-3-11(12)8-10-22(20,21)19-9-7-13-14(19)5-6-15(17)18-13/h1-6H,7-10H2. The van der Waals surface area contributed by atoms with E-state index in [-0.39, 0.29) is 18.7 Å². The van der Waals surface area contributed by atoms with E-state index < -0.39 is 21.8 Å². The number of sulfonamides is 1. The van der Waals surface area contributed by atoms with Crippen molar-refractivity contribution in [2.24, 2.45) is 0 Å². The van der Waals surface area contributed by atoms with Crippen LogP contribution in [0.25, 0.3) is 0 Å². The molecule has 2 aromatic rings. The monoisotopic (exact) mass is 324 g/mol. The Hall–Kier alpha value is -2.02. The lowest BCUT2D eigenvalue weighted by molar-refractivity contribution is 0.579. The van der Waals surface area contributed by atoms with Gasteiger partial charge in [-0.2, -0.15) is 4.39 Å². The van der Waals surface area contributed by atoms with Crippen LogP contribution in [-0.2, 0) is 22.9 Å². The summed E-state index contributed by atoms with van der Waals surface area (Å²) < 4.78 is 52.8. The van der Waals surface area contributed by atoms with Gasteiger partial charge < -0.3 is 0 Å². The van der Waals surface area contributed by atoms with Crippen LogP contribution in [0, 0.1) is 11.8 Å². The van der Waals surface area contributed by atoms with E-state index in [1.807, 2.05) is 0 Å². The Balaban J connectivity index is 1.79. The van der Waals surface area contributed by atoms with Gasteiger partial charge in [0.2, 0.25) is 16.0 Å². The van der Waals surface area contributed by atoms with Crippen LogP contribution in [0.4, 0.5) is 14.5 Å². The molecular formula is C15H14F2N2O2S. The maximum Gasteiger partial charge on any atom is 0.235 e. The molecule has 7 heteroatoms. The maximum atomic E-state index is 13.6. The molecule has 0 saturated carbocycles. The van der Waals surface area contributed by atoms with E-state index in [0.29, 0.717) is 23.4 Å². The second-order valence-electron chi connectivity index (χ2n) is 5.08. The van der Waals surface area contributed by atoms with Crippen LogP contribution in [-0.4, -0.2) is 25.7 Å². The van der Waals surface area contributed by atoms with Crippen molar-refractivity contribution in [1.29, 1.82) is 0 Å². The van der Waals surface area contributed by atoms with Crippen LogP contribution in [0.2, 0.25) is 0 Å². The number of hydrogen-bond donors (Lipinski definition) is 0. The molecule has 0 radical (unpaired) electrons. The Labute approximate surface area is 127 Å². The number of benzene rings is 1. The summed E-state index contributed by atoms with van der Waals surface area (Å²) in [5.74, 6) is -1.24. The fourth-order valence-electron chi connectivity index (χ4n) is 2.55. The third-order valence-electron chi connectivity index (χ3n) is 3.66. The summed E-state index contributed by atoms with van der Waals surface area (Å²) in [6.07, 6.45) is 0.474. The van der Waals surface area contributed by atoms with E-state index in [2.05, 4.69) is 4.98 Å². The Kier molecular flexibility index (Phi) is 3.82. The molecule has 22 heavy (non-hydrogen) atoms. The molecule has 1 aromatic carbocycles. The molecule has 1 aliphatic rings. The summed E-state index contributed by atoms with van der Waals surface area (Å²) in [7, 11) is -3.60. The predicted octanol–water partition coefficient (Wildman–Crippen LogP) is 2.29. The fourth-order valence-corrected chi connectivity index (χ4v) is 4.08. The van der Waals surface area contributed by atoms with E-state index in [9.17, 15) is 17.2 Å². The van der Waals surface area contributed by atoms with Crippen molar-refractivity contribution in [2.75, 3.05) is 16.6 Å². The molecule has 0 N–H and O–H groups in total. The van der Waals surface area contributed by atoms with E-state index in [4.69, 9.17) is 0 Å². The molecule has 0 bridgehead atoms. The number of aromatic nitrogens is 1. The summed E-state index contributed by atoms with van der Waals surface area (Å²) >= 11 is 0. The first-order valence-corrected chi connectivity index (χ1v) is 8.47. The zero-order valence-corrected chi connectivity index (χ0v) is 12.5. The smallest absolute Gasteiger partial charge is 0.235 e. The zero-order valence-electron chi connectivity index (χ0n) is 11.7. The summed E-state index contributed by atoms with van der Waals surface area (Å²) in [6, 6.07) is 8.67. The van der Waals surface area contributed by atoms with Gasteiger partial charge in [-0.3, -0.25) is 4.31 Å². The van der Waals surface area contributed by atoms with Gasteiger partial charge in [-0.05, 0) is 30.2 Å². The van der Waals surface area contributed by atoms with Gasteiger partial charge in [0.15, 0.2) is 0 Å². The highest BCUT2D eigenvalue weighted by Gasteiger charge is 2.30. The van der Waals surface area contributed by atoms with Crippen LogP contribution in [0.3, 0.4) is 0 Å². The Bertz CT molecular complexity index is 809. The van der Waals surface area contributed by atoms with E-state index in [1.165, 1.54) is 16.4 Å². The number of anilines is 1. The molecule has 1 aromatic heterocycles. The minimum absolute atomic E-state index is 0.0927. The average molecular weight is 324 g/mol. The Morgan fingerprint density at radius 3 is 2.68 bits per heavy atom. The summed E-state index contributed by atoms with van der Waals surface area (Å²) in [4.78, 5) is 3.72. The summed E-state index contributed by atoms with van der Waals surface area (Å²) in [5.41, 5.74) is 1.21. The second kappa shape index (κ2) is 5.64. The minimum atomic E-state index is -3.60. The number of halogens is 2. The largest absolute Gasteiger partial charge is 0.268 e. The van der Waals surface area contributed by atoms with Crippen molar-refractivity contribution < 1.29 is 17.2 Å². The minimum Gasteiger partial charge on any atom is -0.268 e. The van der Waals surface area contributed by atoms with Crippen molar-refractivity contribution in [3.05, 3.63) is 59.4 Å². The molecule has 2 heterocycles. The zero-order chi connectivity index (χ0) is 15.7. The van der Waals surface area contributed by atoms with Crippen LogP contribution in [0.15, 0.2) is 36.4 Å². The number of fused-ring (bicyclic) bond motifs is 1. The molecule has 0 spiro atoms. The Morgan fingerprint density at radius 2 is 1.91 bits per heavy atom. The van der Waals surface area contributed by atoms with Crippen molar-refractivity contribution >= 4 is 15.7 Å². The average Bonchev–Trinajstić information content (AvgIpc) is 2.90. The fraction of sp³-hybridized carbons (Fsp3) is 0.267. The number of rotatable bonds is 4. The second-order valence-corrected chi connectivity index (χ2v) is 7.09. The van der Waals surface area contributed by atoms with Gasteiger partial charge in [0.25, 0.3) is 0 Å². The van der Waals surface area contributed by atoms with E-state index in [1.54, 1.807) is 18.2 Å². The molecule has 0 atom stereocenters. The van der Waals surface area contributed by atoms with Gasteiger partial charge >= 0.3 is 0 Å². The molecule has 0 unspecified atom stereocenters. The van der Waals surface area contributed by atoms with Crippen LogP contribution in [0.5, 0.6) is 0 Å². The van der Waals surface area contributed by atoms with Gasteiger partial charge in [0.1, 0.15) is 5.82 Å². The predicted molar refractivity (Wildman–Crippen MR) is 79.1 cm³/mol. The highest BCUT2D eigenvalue weighted by atomic mass is 32.2. The highest BCUT2D eigenvalue weighted by Crippen LogP contribution is 2.29. The van der Waals surface area contributed by atoms with E-state index >= 15 is 0 Å². The Morgan fingerprint density at radius 1 is 1.14 bits per heavy atom. The van der Waals surface area contributed by atoms with Crippen molar-refractivity contribution in [2.45, 2.75) is 12.8 Å². The molecule has 0 fully saturated rings. The molecule has 4 nitrogen and oxygen atoms in total. The van der Waals surface area contributed by atoms with Gasteiger partial charge in [-0.1, -0.05) is 18.2 Å². The van der Waals surface area contributed by atoms with Crippen LogP contribution >= 0.6 is 0 Å². The first-order valence-electron chi connectivity index (χ1n) is 6.86. The SMILES string of the molecule is O=S(=O)(CCc1ccccc1F)N1CCc2nc(F)ccc21. The van der Waals surface area contributed by atoms with Gasteiger partial charge in [0.05, 0.1) is 17.1 Å². The van der Waals surface area contributed by atoms with E-state index in [0.717, 1.165) is 6.07 Å². The number of pyridine rings is 1. The van der Waals surface area contributed by atoms with Gasteiger partial charge in [-0.25, -0.2) is 17.8 Å². The van der Waals surface area contributed by atoms with Gasteiger partial charge in [-0.15, -0.1) is 0 Å². The first kappa shape index (κ1) is 14.9. The molecule has 3 rings (SSSR count). The lowest BCUT2D eigenvalue weighted by Gasteiger charge is -2.19. The summed E-state index contributed by atoms with van der Waals surface area (Å²) in [6.45, 7) is 0.241. The molecular weight excluding hydrogens is 310 g/mol. The summed E-state index contributed by atoms with van der Waals surface area (Å²) in [5, 5.41) is 0. The molecule has 0 aliphatic carbocycles. The normalized spacial score (nSPS) is 14.2. The lowest BCUT2D eigenvalue weighted by atomic mass is 10.2.